The largest absolute Gasteiger partial charge is 0.493 e. The molecule has 0 atom stereocenters. The number of pyridine rings is 1. The van der Waals surface area contributed by atoms with Crippen molar-refractivity contribution < 1.29 is 17.9 Å². The summed E-state index contributed by atoms with van der Waals surface area (Å²) in [6.07, 6.45) is -4.28. The van der Waals surface area contributed by atoms with Crippen LogP contribution in [0.25, 0.3) is 22.0 Å². The van der Waals surface area contributed by atoms with Crippen LogP contribution < -0.4 is 26.3 Å². The fourth-order valence-electron chi connectivity index (χ4n) is 4.42. The minimum Gasteiger partial charge on any atom is -0.493 e. The summed E-state index contributed by atoms with van der Waals surface area (Å²) in [6.45, 7) is 5.70. The topological polar surface area (TPSA) is 121 Å². The Morgan fingerprint density at radius 1 is 1.33 bits per heavy atom. The Morgan fingerprint density at radius 3 is 2.67 bits per heavy atom. The zero-order valence-electron chi connectivity index (χ0n) is 18.0. The first-order valence-electron chi connectivity index (χ1n) is 10.3. The Hall–Kier alpha value is -3.06. The molecule has 0 saturated carbocycles. The van der Waals surface area contributed by atoms with Crippen molar-refractivity contribution in [1.29, 1.82) is 5.41 Å². The molecule has 1 spiro atoms. The quantitative estimate of drug-likeness (QED) is 0.415. The van der Waals surface area contributed by atoms with Gasteiger partial charge in [-0.25, -0.2) is 9.66 Å². The number of nitrogens with zero attached hydrogens (tertiary/aromatic N) is 4. The molecule has 0 aromatic carbocycles. The van der Waals surface area contributed by atoms with E-state index in [0.717, 1.165) is 41.6 Å². The smallest absolute Gasteiger partial charge is 0.393 e. The van der Waals surface area contributed by atoms with Crippen molar-refractivity contribution in [3.8, 4) is 27.7 Å². The number of ether oxygens (including phenoxy) is 1. The summed E-state index contributed by atoms with van der Waals surface area (Å²) in [7, 11) is 1.36. The van der Waals surface area contributed by atoms with Gasteiger partial charge in [-0.2, -0.15) is 18.3 Å². The Kier molecular flexibility index (Phi) is 4.94. The van der Waals surface area contributed by atoms with Crippen LogP contribution in [0.1, 0.15) is 11.3 Å². The molecule has 9 nitrogen and oxygen atoms in total. The van der Waals surface area contributed by atoms with E-state index in [2.05, 4.69) is 25.4 Å². The number of thiazole rings is 1. The molecule has 13 heteroatoms. The average Bonchev–Trinajstić information content (AvgIpc) is 3.24. The normalized spacial score (nSPS) is 17.2. The van der Waals surface area contributed by atoms with Crippen LogP contribution in [0.3, 0.4) is 0 Å². The van der Waals surface area contributed by atoms with E-state index in [4.69, 9.17) is 16.0 Å². The maximum absolute atomic E-state index is 13.5. The molecular formula is C20H23F3N8OS. The molecule has 3 aromatic rings. The van der Waals surface area contributed by atoms with Crippen LogP contribution in [-0.2, 0) is 6.42 Å². The number of nitrogens with two attached hydrogens (primary N) is 1. The highest BCUT2D eigenvalue weighted by Gasteiger charge is 2.48. The number of hydrogen-bond donors (Lipinski definition) is 4. The first kappa shape index (κ1) is 21.8. The zero-order valence-corrected chi connectivity index (χ0v) is 18.8. The van der Waals surface area contributed by atoms with Crippen LogP contribution >= 0.6 is 11.3 Å². The predicted octanol–water partition coefficient (Wildman–Crippen LogP) is 2.03. The van der Waals surface area contributed by atoms with Crippen LogP contribution in [0.4, 0.5) is 18.2 Å². The van der Waals surface area contributed by atoms with Gasteiger partial charge in [0.05, 0.1) is 30.6 Å². The van der Waals surface area contributed by atoms with Crippen molar-refractivity contribution in [2.45, 2.75) is 19.5 Å². The first-order valence-corrected chi connectivity index (χ1v) is 11.1. The van der Waals surface area contributed by atoms with E-state index in [9.17, 15) is 13.2 Å². The molecule has 0 amide bonds. The van der Waals surface area contributed by atoms with Gasteiger partial charge in [-0.15, -0.1) is 0 Å². The molecule has 2 aliphatic rings. The van der Waals surface area contributed by atoms with Gasteiger partial charge in [-0.3, -0.25) is 10.5 Å². The highest BCUT2D eigenvalue weighted by molar-refractivity contribution is 7.19. The second kappa shape index (κ2) is 7.48. The SMILES string of the molecule is COc1cc(-c2n[nH]c(-c3nc(C)c(N4CC5(CNC5)C4)s3)c2CC(F)(F)F)cn(N)c1=N. The lowest BCUT2D eigenvalue weighted by atomic mass is 9.74. The number of alkyl halides is 3. The number of aromatic nitrogens is 4. The molecule has 5 rings (SSSR count). The molecule has 2 aliphatic heterocycles. The number of H-pyrrole nitrogens is 1. The number of aryl methyl sites for hydroxylation is 1. The Balaban J connectivity index is 1.55. The summed E-state index contributed by atoms with van der Waals surface area (Å²) in [6, 6.07) is 1.45. The van der Waals surface area contributed by atoms with Crippen LogP contribution in [0.5, 0.6) is 5.75 Å². The summed E-state index contributed by atoms with van der Waals surface area (Å²) < 4.78 is 46.8. The van der Waals surface area contributed by atoms with E-state index >= 15 is 0 Å². The lowest BCUT2D eigenvalue weighted by molar-refractivity contribution is -0.127. The molecule has 5 heterocycles. The summed E-state index contributed by atoms with van der Waals surface area (Å²) >= 11 is 1.37. The molecule has 0 radical (unpaired) electrons. The summed E-state index contributed by atoms with van der Waals surface area (Å²) in [5, 5.41) is 19.6. The van der Waals surface area contributed by atoms with E-state index < -0.39 is 12.6 Å². The standard InChI is InChI=1S/C20H23F3N8OS/c1-10-18(30-8-19(9-30)6-26-7-19)33-17(27-10)15-12(4-20(21,22)23)14(28-29-15)11-3-13(32-2)16(24)31(25)5-11/h3,5,24,26H,4,6-9,25H2,1-2H3,(H,28,29). The van der Waals surface area contributed by atoms with E-state index in [1.165, 1.54) is 30.7 Å². The highest BCUT2D eigenvalue weighted by Crippen LogP contribution is 2.44. The number of halogens is 3. The Bertz CT molecular complexity index is 1270. The van der Waals surface area contributed by atoms with Crippen molar-refractivity contribution in [3.05, 3.63) is 29.0 Å². The monoisotopic (exact) mass is 480 g/mol. The van der Waals surface area contributed by atoms with Crippen LogP contribution in [0.15, 0.2) is 12.3 Å². The fourth-order valence-corrected chi connectivity index (χ4v) is 5.51. The van der Waals surface area contributed by atoms with Gasteiger partial charge in [0.2, 0.25) is 0 Å². The highest BCUT2D eigenvalue weighted by atomic mass is 32.1. The van der Waals surface area contributed by atoms with E-state index in [1.807, 2.05) is 6.92 Å². The van der Waals surface area contributed by atoms with Crippen LogP contribution in [0, 0.1) is 17.7 Å². The third-order valence-corrected chi connectivity index (χ3v) is 7.36. The molecule has 2 saturated heterocycles. The second-order valence-corrected chi connectivity index (χ2v) is 9.62. The molecule has 0 unspecified atom stereocenters. The molecular weight excluding hydrogens is 457 g/mol. The molecule has 2 fully saturated rings. The van der Waals surface area contributed by atoms with Gasteiger partial charge in [0, 0.05) is 48.9 Å². The zero-order chi connectivity index (χ0) is 23.5. The number of nitrogen functional groups attached to an aromatic ring is 1. The number of rotatable bonds is 5. The van der Waals surface area contributed by atoms with Crippen LogP contribution in [-0.4, -0.2) is 59.3 Å². The van der Waals surface area contributed by atoms with Crippen molar-refractivity contribution in [3.63, 3.8) is 0 Å². The third-order valence-electron chi connectivity index (χ3n) is 6.12. The lowest BCUT2D eigenvalue weighted by Gasteiger charge is -2.56. The number of anilines is 1. The predicted molar refractivity (Wildman–Crippen MR) is 118 cm³/mol. The number of methoxy groups -OCH3 is 1. The Labute approximate surface area is 190 Å². The van der Waals surface area contributed by atoms with Gasteiger partial charge in [-0.1, -0.05) is 11.3 Å². The Morgan fingerprint density at radius 2 is 2.06 bits per heavy atom. The van der Waals surface area contributed by atoms with Crippen molar-refractivity contribution in [2.75, 3.05) is 44.0 Å². The van der Waals surface area contributed by atoms with Crippen molar-refractivity contribution in [1.82, 2.24) is 25.2 Å². The summed E-state index contributed by atoms with van der Waals surface area (Å²) in [4.78, 5) is 6.81. The van der Waals surface area contributed by atoms with Gasteiger partial charge in [-0.05, 0) is 13.0 Å². The van der Waals surface area contributed by atoms with Gasteiger partial charge in [0.1, 0.15) is 10.0 Å². The van der Waals surface area contributed by atoms with Crippen molar-refractivity contribution >= 4 is 16.3 Å². The molecule has 0 bridgehead atoms. The second-order valence-electron chi connectivity index (χ2n) is 8.64. The molecule has 176 valence electrons. The average molecular weight is 481 g/mol. The number of nitrogens with one attached hydrogen (secondary N) is 3. The molecule has 5 N–H and O–H groups in total. The fraction of sp³-hybridized carbons (Fsp3) is 0.450. The summed E-state index contributed by atoms with van der Waals surface area (Å²) in [5.41, 5.74) is 1.61. The van der Waals surface area contributed by atoms with Gasteiger partial charge < -0.3 is 20.8 Å². The van der Waals surface area contributed by atoms with Gasteiger partial charge in [0.15, 0.2) is 11.2 Å². The van der Waals surface area contributed by atoms with Crippen LogP contribution in [0.2, 0.25) is 0 Å². The maximum atomic E-state index is 13.5. The third kappa shape index (κ3) is 3.74. The minimum absolute atomic E-state index is 0.0224. The molecule has 33 heavy (non-hydrogen) atoms. The van der Waals surface area contributed by atoms with E-state index in [1.54, 1.807) is 0 Å². The lowest BCUT2D eigenvalue weighted by Crippen LogP contribution is -2.71. The summed E-state index contributed by atoms with van der Waals surface area (Å²) in [5.74, 6) is 5.94. The number of hydrogen-bond acceptors (Lipinski definition) is 8. The van der Waals surface area contributed by atoms with Gasteiger partial charge in [0.25, 0.3) is 0 Å². The molecule has 0 aliphatic carbocycles. The van der Waals surface area contributed by atoms with E-state index in [0.29, 0.717) is 16.0 Å². The van der Waals surface area contributed by atoms with E-state index in [-0.39, 0.29) is 28.2 Å². The maximum Gasteiger partial charge on any atom is 0.393 e. The van der Waals surface area contributed by atoms with Gasteiger partial charge >= 0.3 is 6.18 Å². The minimum atomic E-state index is -4.46. The number of aromatic amines is 1. The van der Waals surface area contributed by atoms with Crippen molar-refractivity contribution in [2.24, 2.45) is 5.41 Å². The molecule has 3 aromatic heterocycles. The first-order chi connectivity index (χ1) is 15.6.